The lowest BCUT2D eigenvalue weighted by Gasteiger charge is -2.22. The van der Waals surface area contributed by atoms with E-state index in [4.69, 9.17) is 12.2 Å². The van der Waals surface area contributed by atoms with E-state index in [0.29, 0.717) is 12.1 Å². The number of rotatable bonds is 3. The minimum Gasteiger partial charge on any atom is -0.494 e. The molecule has 0 aliphatic carbocycles. The zero-order valence-corrected chi connectivity index (χ0v) is 14.4. The van der Waals surface area contributed by atoms with Crippen molar-refractivity contribution in [1.82, 2.24) is 14.5 Å². The highest BCUT2D eigenvalue weighted by Gasteiger charge is 2.33. The quantitative estimate of drug-likeness (QED) is 0.424. The van der Waals surface area contributed by atoms with E-state index in [1.165, 1.54) is 15.5 Å². The molecular weight excluding hydrogens is 336 g/mol. The van der Waals surface area contributed by atoms with Crippen molar-refractivity contribution in [1.29, 1.82) is 0 Å². The lowest BCUT2D eigenvalue weighted by molar-refractivity contribution is -0.690. The number of quaternary nitrogens is 1. The van der Waals surface area contributed by atoms with Crippen molar-refractivity contribution in [3.63, 3.8) is 0 Å². The van der Waals surface area contributed by atoms with Crippen LogP contribution >= 0.6 is 12.2 Å². The highest BCUT2D eigenvalue weighted by atomic mass is 32.1. The Kier molecular flexibility index (Phi) is 3.82. The van der Waals surface area contributed by atoms with Gasteiger partial charge in [0.05, 0.1) is 12.2 Å². The van der Waals surface area contributed by atoms with E-state index in [1.54, 1.807) is 6.08 Å². The van der Waals surface area contributed by atoms with Gasteiger partial charge in [-0.2, -0.15) is 0 Å². The fourth-order valence-corrected chi connectivity index (χ4v) is 3.94. The predicted molar refractivity (Wildman–Crippen MR) is 98.4 cm³/mol. The van der Waals surface area contributed by atoms with Gasteiger partial charge in [0.25, 0.3) is 5.56 Å². The van der Waals surface area contributed by atoms with Crippen LogP contribution in [0.25, 0.3) is 10.9 Å². The monoisotopic (exact) mass is 355 g/mol. The number of para-hydroxylation sites is 1. The molecule has 128 valence electrons. The predicted octanol–water partition coefficient (Wildman–Crippen LogP) is 1.49. The number of nitrogens with zero attached hydrogens (tertiary/aromatic N) is 1. The number of H-pyrrole nitrogens is 2. The summed E-state index contributed by atoms with van der Waals surface area (Å²) in [5, 5.41) is 14.0. The van der Waals surface area contributed by atoms with Crippen LogP contribution in [-0.4, -0.2) is 26.2 Å². The Balaban J connectivity index is 1.96. The van der Waals surface area contributed by atoms with Crippen LogP contribution in [0.3, 0.4) is 0 Å². The first kappa shape index (κ1) is 15.9. The molecule has 1 aromatic carbocycles. The Hall–Kier alpha value is -2.64. The molecule has 0 amide bonds. The highest BCUT2D eigenvalue weighted by Crippen LogP contribution is 2.32. The normalized spacial score (nSPS) is 16.7. The van der Waals surface area contributed by atoms with E-state index < -0.39 is 0 Å². The van der Waals surface area contributed by atoms with Crippen molar-refractivity contribution < 1.29 is 10.4 Å². The van der Waals surface area contributed by atoms with Gasteiger partial charge in [-0.05, 0) is 23.8 Å². The van der Waals surface area contributed by atoms with E-state index in [0.717, 1.165) is 24.2 Å². The van der Waals surface area contributed by atoms with Crippen molar-refractivity contribution in [2.75, 3.05) is 6.54 Å². The smallest absolute Gasteiger partial charge is 0.265 e. The molecule has 7 heteroatoms. The van der Waals surface area contributed by atoms with E-state index in [9.17, 15) is 9.90 Å². The van der Waals surface area contributed by atoms with Gasteiger partial charge in [-0.25, -0.2) is 0 Å². The number of aromatic hydroxyl groups is 1. The number of benzene rings is 1. The summed E-state index contributed by atoms with van der Waals surface area (Å²) < 4.78 is 1.68. The number of aromatic amines is 2. The van der Waals surface area contributed by atoms with Gasteiger partial charge < -0.3 is 15.4 Å². The largest absolute Gasteiger partial charge is 0.494 e. The Bertz CT molecular complexity index is 1090. The highest BCUT2D eigenvalue weighted by molar-refractivity contribution is 7.71. The Labute approximate surface area is 148 Å². The second-order valence-corrected chi connectivity index (χ2v) is 6.60. The maximum Gasteiger partial charge on any atom is 0.265 e. The summed E-state index contributed by atoms with van der Waals surface area (Å²) in [6.45, 7) is 4.86. The number of nitrogens with two attached hydrogens (primary N) is 1. The Morgan fingerprint density at radius 3 is 3.00 bits per heavy atom. The van der Waals surface area contributed by atoms with E-state index in [-0.39, 0.29) is 22.3 Å². The number of fused-ring (bicyclic) bond motifs is 3. The number of hydrogen-bond acceptors (Lipinski definition) is 3. The summed E-state index contributed by atoms with van der Waals surface area (Å²) in [5.41, 5.74) is 3.19. The Morgan fingerprint density at radius 1 is 1.40 bits per heavy atom. The van der Waals surface area contributed by atoms with Gasteiger partial charge >= 0.3 is 0 Å². The van der Waals surface area contributed by atoms with Gasteiger partial charge in [-0.3, -0.25) is 14.3 Å². The average Bonchev–Trinajstić information content (AvgIpc) is 2.98. The third kappa shape index (κ3) is 2.43. The van der Waals surface area contributed by atoms with Crippen molar-refractivity contribution in [3.8, 4) is 5.88 Å². The van der Waals surface area contributed by atoms with Crippen molar-refractivity contribution in [2.24, 2.45) is 0 Å². The van der Waals surface area contributed by atoms with Crippen LogP contribution < -0.4 is 10.9 Å². The summed E-state index contributed by atoms with van der Waals surface area (Å²) in [6, 6.07) is 7.81. The summed E-state index contributed by atoms with van der Waals surface area (Å²) in [6.07, 6.45) is 2.55. The number of allylic oxidation sites excluding steroid dienone is 1. The topological polar surface area (TPSA) is 90.4 Å². The molecule has 6 nitrogen and oxygen atoms in total. The maximum atomic E-state index is 12.6. The minimum atomic E-state index is -0.351. The molecule has 1 aliphatic rings. The lowest BCUT2D eigenvalue weighted by atomic mass is 9.95. The van der Waals surface area contributed by atoms with E-state index in [1.807, 2.05) is 18.2 Å². The van der Waals surface area contributed by atoms with Crippen molar-refractivity contribution >= 4 is 23.1 Å². The molecule has 1 atom stereocenters. The molecule has 1 aliphatic heterocycles. The molecule has 25 heavy (non-hydrogen) atoms. The van der Waals surface area contributed by atoms with Gasteiger partial charge in [0.1, 0.15) is 5.56 Å². The molecule has 0 saturated carbocycles. The third-order valence-electron chi connectivity index (χ3n) is 4.78. The molecule has 0 saturated heterocycles. The summed E-state index contributed by atoms with van der Waals surface area (Å²) in [7, 11) is 0. The first-order chi connectivity index (χ1) is 12.1. The zero-order valence-electron chi connectivity index (χ0n) is 13.6. The molecule has 0 fully saturated rings. The second kappa shape index (κ2) is 6.02. The molecule has 0 spiro atoms. The summed E-state index contributed by atoms with van der Waals surface area (Å²) in [4.78, 5) is 18.7. The summed E-state index contributed by atoms with van der Waals surface area (Å²) in [5.74, 6) is -0.0959. The van der Waals surface area contributed by atoms with Gasteiger partial charge in [0.15, 0.2) is 10.8 Å². The molecule has 4 rings (SSSR count). The fourth-order valence-electron chi connectivity index (χ4n) is 3.68. The molecule has 3 heterocycles. The maximum absolute atomic E-state index is 12.6. The number of aromatic nitrogens is 3. The van der Waals surface area contributed by atoms with Gasteiger partial charge in [-0.15, -0.1) is 6.58 Å². The first-order valence-electron chi connectivity index (χ1n) is 8.21. The van der Waals surface area contributed by atoms with Gasteiger partial charge in [-0.1, -0.05) is 24.3 Å². The first-order valence-corrected chi connectivity index (χ1v) is 8.62. The molecule has 5 N–H and O–H groups in total. The Morgan fingerprint density at radius 2 is 2.20 bits per heavy atom. The standard InChI is InChI=1S/C18H18N4O2S/c1-2-9-22-17(24)13(16(23)21-18(22)25)15-14-11(7-8-19-15)10-5-3-4-6-12(10)20-14/h2-6,15,19-20,24H,1,7-9H2,(H,21,23,25)/p+1/t15-/m1/s1. The van der Waals surface area contributed by atoms with Crippen LogP contribution in [0, 0.1) is 4.77 Å². The van der Waals surface area contributed by atoms with Gasteiger partial charge in [0, 0.05) is 23.9 Å². The lowest BCUT2D eigenvalue weighted by Crippen LogP contribution is -2.87. The van der Waals surface area contributed by atoms with Crippen LogP contribution in [0.1, 0.15) is 22.9 Å². The molecular formula is C18H19N4O2S+. The number of nitrogens with one attached hydrogen (secondary N) is 2. The molecule has 0 radical (unpaired) electrons. The minimum absolute atomic E-state index is 0.0959. The van der Waals surface area contributed by atoms with Gasteiger partial charge in [0.2, 0.25) is 5.88 Å². The zero-order chi connectivity index (χ0) is 17.6. The van der Waals surface area contributed by atoms with Crippen molar-refractivity contribution in [3.05, 3.63) is 68.9 Å². The molecule has 0 bridgehead atoms. The van der Waals surface area contributed by atoms with Crippen LogP contribution in [0.5, 0.6) is 5.88 Å². The SMILES string of the molecule is C=CCn1c(O)c([C@H]2[NH2+]CCc3c2[nH]c2ccccc32)c(=O)[nH]c1=S. The van der Waals surface area contributed by atoms with Crippen LogP contribution in [-0.2, 0) is 13.0 Å². The fraction of sp³-hybridized carbons (Fsp3) is 0.222. The number of hydrogen-bond donors (Lipinski definition) is 4. The van der Waals surface area contributed by atoms with Crippen LogP contribution in [0.15, 0.2) is 41.7 Å². The average molecular weight is 355 g/mol. The molecule has 3 aromatic rings. The van der Waals surface area contributed by atoms with E-state index in [2.05, 4.69) is 27.9 Å². The van der Waals surface area contributed by atoms with Crippen molar-refractivity contribution in [2.45, 2.75) is 19.0 Å². The van der Waals surface area contributed by atoms with Crippen LogP contribution in [0.4, 0.5) is 0 Å². The molecule has 2 aromatic heterocycles. The van der Waals surface area contributed by atoms with E-state index >= 15 is 0 Å². The summed E-state index contributed by atoms with van der Waals surface area (Å²) >= 11 is 5.17. The molecule has 0 unspecified atom stereocenters. The third-order valence-corrected chi connectivity index (χ3v) is 5.11. The second-order valence-electron chi connectivity index (χ2n) is 6.21. The van der Waals surface area contributed by atoms with Crippen LogP contribution in [0.2, 0.25) is 0 Å².